The Kier molecular flexibility index (Phi) is 5.16. The Balaban J connectivity index is 3.11. The molecule has 4 heteroatoms. The third-order valence-electron chi connectivity index (χ3n) is 3.03. The highest BCUT2D eigenvalue weighted by Gasteiger charge is 2.22. The highest BCUT2D eigenvalue weighted by molar-refractivity contribution is 5.98. The fourth-order valence-corrected chi connectivity index (χ4v) is 1.85. The molecular formula is C14H21NO3. The third kappa shape index (κ3) is 3.23. The molecule has 4 nitrogen and oxygen atoms in total. The molecule has 1 atom stereocenters. The van der Waals surface area contributed by atoms with Crippen molar-refractivity contribution in [2.45, 2.75) is 13.8 Å². The Labute approximate surface area is 108 Å². The Hall–Kier alpha value is -1.55. The number of methoxy groups -OCH3 is 2. The van der Waals surface area contributed by atoms with Crippen molar-refractivity contribution in [3.05, 3.63) is 23.8 Å². The van der Waals surface area contributed by atoms with Crippen molar-refractivity contribution in [2.75, 3.05) is 20.8 Å². The van der Waals surface area contributed by atoms with Crippen LogP contribution in [0.3, 0.4) is 0 Å². The summed E-state index contributed by atoms with van der Waals surface area (Å²) in [6.45, 7) is 4.33. The van der Waals surface area contributed by atoms with Gasteiger partial charge < -0.3 is 15.2 Å². The lowest BCUT2D eigenvalue weighted by atomic mass is 9.88. The zero-order valence-electron chi connectivity index (χ0n) is 11.4. The van der Waals surface area contributed by atoms with Gasteiger partial charge in [0.05, 0.1) is 14.2 Å². The Bertz CT molecular complexity index is 393. The second-order valence-electron chi connectivity index (χ2n) is 4.55. The molecule has 0 heterocycles. The molecule has 1 rings (SSSR count). The summed E-state index contributed by atoms with van der Waals surface area (Å²) in [4.78, 5) is 12.4. The van der Waals surface area contributed by atoms with Gasteiger partial charge in [-0.1, -0.05) is 13.8 Å². The van der Waals surface area contributed by atoms with E-state index in [1.54, 1.807) is 32.4 Å². The second kappa shape index (κ2) is 6.40. The molecule has 100 valence electrons. The van der Waals surface area contributed by atoms with Crippen LogP contribution in [-0.2, 0) is 0 Å². The molecule has 2 N–H and O–H groups in total. The van der Waals surface area contributed by atoms with Gasteiger partial charge in [0.1, 0.15) is 11.5 Å². The van der Waals surface area contributed by atoms with E-state index in [4.69, 9.17) is 15.2 Å². The largest absolute Gasteiger partial charge is 0.497 e. The summed E-state index contributed by atoms with van der Waals surface area (Å²) in [5.41, 5.74) is 6.25. The SMILES string of the molecule is COc1cc(OC)cc(C(=O)C(CN)C(C)C)c1. The lowest BCUT2D eigenvalue weighted by Gasteiger charge is -2.18. The van der Waals surface area contributed by atoms with Crippen molar-refractivity contribution in [1.82, 2.24) is 0 Å². The number of ether oxygens (including phenoxy) is 2. The minimum atomic E-state index is -0.179. The third-order valence-corrected chi connectivity index (χ3v) is 3.03. The quantitative estimate of drug-likeness (QED) is 0.787. The van der Waals surface area contributed by atoms with E-state index in [1.807, 2.05) is 13.8 Å². The number of carbonyl (C=O) groups is 1. The van der Waals surface area contributed by atoms with Crippen LogP contribution < -0.4 is 15.2 Å². The average Bonchev–Trinajstić information content (AvgIpc) is 2.38. The zero-order chi connectivity index (χ0) is 13.7. The maximum Gasteiger partial charge on any atom is 0.167 e. The van der Waals surface area contributed by atoms with Gasteiger partial charge in [0.15, 0.2) is 5.78 Å². The highest BCUT2D eigenvalue weighted by Crippen LogP contribution is 2.25. The lowest BCUT2D eigenvalue weighted by molar-refractivity contribution is 0.0891. The molecule has 0 saturated heterocycles. The fourth-order valence-electron chi connectivity index (χ4n) is 1.85. The van der Waals surface area contributed by atoms with Crippen molar-refractivity contribution in [3.8, 4) is 11.5 Å². The number of Topliss-reactive ketones (excluding diaryl/α,β-unsaturated/α-hetero) is 1. The van der Waals surface area contributed by atoms with E-state index in [2.05, 4.69) is 0 Å². The fraction of sp³-hybridized carbons (Fsp3) is 0.500. The van der Waals surface area contributed by atoms with E-state index in [-0.39, 0.29) is 17.6 Å². The minimum Gasteiger partial charge on any atom is -0.497 e. The van der Waals surface area contributed by atoms with Gasteiger partial charge in [-0.2, -0.15) is 0 Å². The molecule has 0 aliphatic rings. The number of hydrogen-bond acceptors (Lipinski definition) is 4. The molecule has 0 spiro atoms. The van der Waals surface area contributed by atoms with Gasteiger partial charge in [-0.25, -0.2) is 0 Å². The van der Waals surface area contributed by atoms with Crippen molar-refractivity contribution < 1.29 is 14.3 Å². The molecule has 0 saturated carbocycles. The average molecular weight is 251 g/mol. The molecule has 0 fully saturated rings. The number of ketones is 1. The van der Waals surface area contributed by atoms with Gasteiger partial charge in [0.2, 0.25) is 0 Å². The summed E-state index contributed by atoms with van der Waals surface area (Å²) in [6.07, 6.45) is 0. The summed E-state index contributed by atoms with van der Waals surface area (Å²) >= 11 is 0. The smallest absolute Gasteiger partial charge is 0.167 e. The Morgan fingerprint density at radius 1 is 1.17 bits per heavy atom. The second-order valence-corrected chi connectivity index (χ2v) is 4.55. The van der Waals surface area contributed by atoms with Crippen LogP contribution >= 0.6 is 0 Å². The van der Waals surface area contributed by atoms with E-state index < -0.39 is 0 Å². The van der Waals surface area contributed by atoms with E-state index in [9.17, 15) is 4.79 Å². The molecule has 18 heavy (non-hydrogen) atoms. The normalized spacial score (nSPS) is 12.3. The first-order chi connectivity index (χ1) is 8.53. The maximum atomic E-state index is 12.4. The number of nitrogens with two attached hydrogens (primary N) is 1. The molecule has 0 amide bonds. The molecule has 0 radical (unpaired) electrons. The first-order valence-electron chi connectivity index (χ1n) is 6.00. The minimum absolute atomic E-state index is 0.0321. The number of rotatable bonds is 6. The standard InChI is InChI=1S/C14H21NO3/c1-9(2)13(8-15)14(16)10-5-11(17-3)7-12(6-10)18-4/h5-7,9,13H,8,15H2,1-4H3. The number of benzene rings is 1. The molecule has 0 aromatic heterocycles. The Morgan fingerprint density at radius 2 is 1.67 bits per heavy atom. The van der Waals surface area contributed by atoms with Gasteiger partial charge in [-0.15, -0.1) is 0 Å². The summed E-state index contributed by atoms with van der Waals surface area (Å²) in [7, 11) is 3.12. The first-order valence-corrected chi connectivity index (χ1v) is 6.00. The van der Waals surface area contributed by atoms with Crippen molar-refractivity contribution in [3.63, 3.8) is 0 Å². The van der Waals surface area contributed by atoms with Crippen molar-refractivity contribution in [2.24, 2.45) is 17.6 Å². The van der Waals surface area contributed by atoms with Crippen LogP contribution in [0.1, 0.15) is 24.2 Å². The van der Waals surface area contributed by atoms with Crippen molar-refractivity contribution in [1.29, 1.82) is 0 Å². The monoisotopic (exact) mass is 251 g/mol. The van der Waals surface area contributed by atoms with Gasteiger partial charge in [0, 0.05) is 24.1 Å². The molecule has 0 aliphatic heterocycles. The van der Waals surface area contributed by atoms with Crippen LogP contribution in [0.4, 0.5) is 0 Å². The number of carbonyl (C=O) groups excluding carboxylic acids is 1. The van der Waals surface area contributed by atoms with Crippen LogP contribution in [0.25, 0.3) is 0 Å². The van der Waals surface area contributed by atoms with Gasteiger partial charge >= 0.3 is 0 Å². The topological polar surface area (TPSA) is 61.5 Å². The predicted octanol–water partition coefficient (Wildman–Crippen LogP) is 2.12. The van der Waals surface area contributed by atoms with Gasteiger partial charge in [-0.3, -0.25) is 4.79 Å². The summed E-state index contributed by atoms with van der Waals surface area (Å²) in [6, 6.07) is 5.18. The number of hydrogen-bond donors (Lipinski definition) is 1. The van der Waals surface area contributed by atoms with E-state index in [0.29, 0.717) is 23.6 Å². The summed E-state index contributed by atoms with van der Waals surface area (Å²) in [5, 5.41) is 0. The van der Waals surface area contributed by atoms with E-state index in [0.717, 1.165) is 0 Å². The maximum absolute atomic E-state index is 12.4. The highest BCUT2D eigenvalue weighted by atomic mass is 16.5. The predicted molar refractivity (Wildman–Crippen MR) is 71.3 cm³/mol. The van der Waals surface area contributed by atoms with Crippen LogP contribution in [0, 0.1) is 11.8 Å². The van der Waals surface area contributed by atoms with Crippen LogP contribution in [0.15, 0.2) is 18.2 Å². The first kappa shape index (κ1) is 14.5. The van der Waals surface area contributed by atoms with Crippen LogP contribution in [0.2, 0.25) is 0 Å². The van der Waals surface area contributed by atoms with Crippen LogP contribution in [0.5, 0.6) is 11.5 Å². The lowest BCUT2D eigenvalue weighted by Crippen LogP contribution is -2.28. The molecular weight excluding hydrogens is 230 g/mol. The van der Waals surface area contributed by atoms with E-state index in [1.165, 1.54) is 0 Å². The van der Waals surface area contributed by atoms with Gasteiger partial charge in [0.25, 0.3) is 0 Å². The molecule has 0 bridgehead atoms. The van der Waals surface area contributed by atoms with Gasteiger partial charge in [-0.05, 0) is 18.1 Å². The molecule has 1 aromatic carbocycles. The van der Waals surface area contributed by atoms with E-state index >= 15 is 0 Å². The molecule has 0 aliphatic carbocycles. The van der Waals surface area contributed by atoms with Crippen LogP contribution in [-0.4, -0.2) is 26.5 Å². The Morgan fingerprint density at radius 3 is 2.00 bits per heavy atom. The molecule has 1 aromatic rings. The summed E-state index contributed by atoms with van der Waals surface area (Å²) in [5.74, 6) is 1.28. The van der Waals surface area contributed by atoms with Crippen molar-refractivity contribution >= 4 is 5.78 Å². The molecule has 1 unspecified atom stereocenters. The summed E-state index contributed by atoms with van der Waals surface area (Å²) < 4.78 is 10.3. The zero-order valence-corrected chi connectivity index (χ0v) is 11.4.